The molecule has 2 rings (SSSR count). The van der Waals surface area contributed by atoms with Crippen LogP contribution in [0, 0.1) is 6.92 Å². The molecule has 1 N–H and O–H groups in total. The third-order valence-electron chi connectivity index (χ3n) is 3.09. The maximum absolute atomic E-state index is 11.4. The Morgan fingerprint density at radius 1 is 1.00 bits per heavy atom. The molecule has 0 fully saturated rings. The summed E-state index contributed by atoms with van der Waals surface area (Å²) >= 11 is 0. The number of carbonyl (C=O) groups is 1. The normalized spacial score (nSPS) is 10.2. The highest BCUT2D eigenvalue weighted by Gasteiger charge is 2.18. The highest BCUT2D eigenvalue weighted by Crippen LogP contribution is 2.36. The fraction of sp³-hybridized carbons (Fsp3) is 0.188. The fourth-order valence-electron chi connectivity index (χ4n) is 2.04. The first kappa shape index (κ1) is 13.9. The van der Waals surface area contributed by atoms with E-state index in [-0.39, 0.29) is 11.3 Å². The second-order valence-corrected chi connectivity index (χ2v) is 4.43. The Kier molecular flexibility index (Phi) is 3.94. The van der Waals surface area contributed by atoms with Crippen LogP contribution in [0.1, 0.15) is 15.9 Å². The van der Waals surface area contributed by atoms with Crippen LogP contribution in [0.5, 0.6) is 11.5 Å². The van der Waals surface area contributed by atoms with E-state index in [2.05, 4.69) is 0 Å². The van der Waals surface area contributed by atoms with Gasteiger partial charge < -0.3 is 14.6 Å². The van der Waals surface area contributed by atoms with E-state index in [1.807, 2.05) is 31.2 Å². The number of hydrogen-bond donors (Lipinski definition) is 1. The lowest BCUT2D eigenvalue weighted by molar-refractivity contribution is 0.0692. The zero-order valence-corrected chi connectivity index (χ0v) is 11.6. The summed E-state index contributed by atoms with van der Waals surface area (Å²) in [5.74, 6) is -0.409. The highest BCUT2D eigenvalue weighted by atomic mass is 16.5. The van der Waals surface area contributed by atoms with E-state index < -0.39 is 5.97 Å². The van der Waals surface area contributed by atoms with Crippen molar-refractivity contribution >= 4 is 5.97 Å². The van der Waals surface area contributed by atoms with Crippen LogP contribution >= 0.6 is 0 Å². The summed E-state index contributed by atoms with van der Waals surface area (Å²) in [5, 5.41) is 9.30. The lowest BCUT2D eigenvalue weighted by Crippen LogP contribution is -2.03. The predicted octanol–water partition coefficient (Wildman–Crippen LogP) is 3.38. The first-order chi connectivity index (χ1) is 9.56. The van der Waals surface area contributed by atoms with E-state index >= 15 is 0 Å². The van der Waals surface area contributed by atoms with Gasteiger partial charge in [-0.05, 0) is 30.2 Å². The molecule has 0 aliphatic heterocycles. The molecule has 0 atom stereocenters. The number of benzene rings is 2. The molecular formula is C16H16O4. The largest absolute Gasteiger partial charge is 0.493 e. The summed E-state index contributed by atoms with van der Waals surface area (Å²) in [6.07, 6.45) is 0. The Hall–Kier alpha value is -2.49. The van der Waals surface area contributed by atoms with Gasteiger partial charge in [-0.15, -0.1) is 0 Å². The predicted molar refractivity (Wildman–Crippen MR) is 76.7 cm³/mol. The molecule has 0 heterocycles. The minimum Gasteiger partial charge on any atom is -0.493 e. The van der Waals surface area contributed by atoms with Gasteiger partial charge in [0.2, 0.25) is 0 Å². The second-order valence-electron chi connectivity index (χ2n) is 4.43. The van der Waals surface area contributed by atoms with Crippen molar-refractivity contribution in [3.05, 3.63) is 47.5 Å². The molecular weight excluding hydrogens is 256 g/mol. The van der Waals surface area contributed by atoms with Crippen molar-refractivity contribution in [2.75, 3.05) is 14.2 Å². The van der Waals surface area contributed by atoms with Gasteiger partial charge >= 0.3 is 5.97 Å². The summed E-state index contributed by atoms with van der Waals surface area (Å²) in [6, 6.07) is 11.2. The van der Waals surface area contributed by atoms with Gasteiger partial charge in [-0.3, -0.25) is 0 Å². The number of aromatic carboxylic acids is 1. The molecule has 0 spiro atoms. The van der Waals surface area contributed by atoms with Crippen molar-refractivity contribution in [2.24, 2.45) is 0 Å². The molecule has 104 valence electrons. The Labute approximate surface area is 117 Å². The van der Waals surface area contributed by atoms with E-state index in [0.29, 0.717) is 5.75 Å². The summed E-state index contributed by atoms with van der Waals surface area (Å²) < 4.78 is 10.4. The first-order valence-corrected chi connectivity index (χ1v) is 6.13. The molecule has 0 aliphatic carbocycles. The standard InChI is InChI=1S/C16H16O4/c1-10-4-6-11(7-5-10)12-8-13(16(17)18)15(20-3)14(9-12)19-2/h4-9H,1-3H3,(H,17,18). The molecule has 20 heavy (non-hydrogen) atoms. The van der Waals surface area contributed by atoms with Crippen LogP contribution in [-0.2, 0) is 0 Å². The third-order valence-corrected chi connectivity index (χ3v) is 3.09. The van der Waals surface area contributed by atoms with Crippen molar-refractivity contribution in [3.8, 4) is 22.6 Å². The van der Waals surface area contributed by atoms with Crippen LogP contribution in [0.3, 0.4) is 0 Å². The topological polar surface area (TPSA) is 55.8 Å². The lowest BCUT2D eigenvalue weighted by Gasteiger charge is -2.13. The Morgan fingerprint density at radius 2 is 1.65 bits per heavy atom. The van der Waals surface area contributed by atoms with Crippen LogP contribution in [-0.4, -0.2) is 25.3 Å². The van der Waals surface area contributed by atoms with E-state index in [4.69, 9.17) is 9.47 Å². The minimum absolute atomic E-state index is 0.0856. The van der Waals surface area contributed by atoms with Crippen molar-refractivity contribution in [1.29, 1.82) is 0 Å². The molecule has 0 saturated carbocycles. The van der Waals surface area contributed by atoms with E-state index in [1.165, 1.54) is 14.2 Å². The maximum atomic E-state index is 11.4. The molecule has 0 bridgehead atoms. The molecule has 0 radical (unpaired) electrons. The first-order valence-electron chi connectivity index (χ1n) is 6.13. The zero-order chi connectivity index (χ0) is 14.7. The van der Waals surface area contributed by atoms with Crippen LogP contribution in [0.15, 0.2) is 36.4 Å². The van der Waals surface area contributed by atoms with Crippen LogP contribution in [0.2, 0.25) is 0 Å². The summed E-state index contributed by atoms with van der Waals surface area (Å²) in [6.45, 7) is 2.00. The molecule has 0 aromatic heterocycles. The molecule has 4 nitrogen and oxygen atoms in total. The van der Waals surface area contributed by atoms with Gasteiger partial charge in [-0.1, -0.05) is 29.8 Å². The third kappa shape index (κ3) is 2.59. The molecule has 2 aromatic rings. The summed E-state index contributed by atoms with van der Waals surface area (Å²) in [7, 11) is 2.91. The zero-order valence-electron chi connectivity index (χ0n) is 11.6. The van der Waals surface area contributed by atoms with Crippen LogP contribution in [0.4, 0.5) is 0 Å². The molecule has 0 unspecified atom stereocenters. The average Bonchev–Trinajstić information content (AvgIpc) is 2.46. The monoisotopic (exact) mass is 272 g/mol. The number of carboxylic acids is 1. The van der Waals surface area contributed by atoms with Gasteiger partial charge in [0, 0.05) is 0 Å². The van der Waals surface area contributed by atoms with Gasteiger partial charge in [-0.25, -0.2) is 4.79 Å². The Bertz CT molecular complexity index is 630. The van der Waals surface area contributed by atoms with Gasteiger partial charge in [-0.2, -0.15) is 0 Å². The van der Waals surface area contributed by atoms with Crippen LogP contribution in [0.25, 0.3) is 11.1 Å². The summed E-state index contributed by atoms with van der Waals surface area (Å²) in [5.41, 5.74) is 2.94. The van der Waals surface area contributed by atoms with E-state index in [0.717, 1.165) is 16.7 Å². The quantitative estimate of drug-likeness (QED) is 0.927. The molecule has 2 aromatic carbocycles. The number of hydrogen-bond acceptors (Lipinski definition) is 3. The molecule has 0 saturated heterocycles. The lowest BCUT2D eigenvalue weighted by atomic mass is 10.0. The SMILES string of the molecule is COc1cc(-c2ccc(C)cc2)cc(C(=O)O)c1OC. The minimum atomic E-state index is -1.05. The van der Waals surface area contributed by atoms with Crippen molar-refractivity contribution in [3.63, 3.8) is 0 Å². The Morgan fingerprint density at radius 3 is 2.15 bits per heavy atom. The van der Waals surface area contributed by atoms with Crippen molar-refractivity contribution < 1.29 is 19.4 Å². The number of aryl methyl sites for hydroxylation is 1. The Balaban J connectivity index is 2.63. The van der Waals surface area contributed by atoms with E-state index in [1.54, 1.807) is 12.1 Å². The van der Waals surface area contributed by atoms with Gasteiger partial charge in [0.25, 0.3) is 0 Å². The van der Waals surface area contributed by atoms with Crippen molar-refractivity contribution in [1.82, 2.24) is 0 Å². The van der Waals surface area contributed by atoms with Crippen molar-refractivity contribution in [2.45, 2.75) is 6.92 Å². The molecule has 0 amide bonds. The average molecular weight is 272 g/mol. The smallest absolute Gasteiger partial charge is 0.339 e. The summed E-state index contributed by atoms with van der Waals surface area (Å²) in [4.78, 5) is 11.4. The second kappa shape index (κ2) is 5.65. The number of ether oxygens (including phenoxy) is 2. The number of methoxy groups -OCH3 is 2. The number of rotatable bonds is 4. The van der Waals surface area contributed by atoms with Crippen LogP contribution < -0.4 is 9.47 Å². The van der Waals surface area contributed by atoms with Gasteiger partial charge in [0.1, 0.15) is 5.56 Å². The van der Waals surface area contributed by atoms with E-state index in [9.17, 15) is 9.90 Å². The highest BCUT2D eigenvalue weighted by molar-refractivity contribution is 5.94. The molecule has 4 heteroatoms. The van der Waals surface area contributed by atoms with Gasteiger partial charge in [0.05, 0.1) is 14.2 Å². The maximum Gasteiger partial charge on any atom is 0.339 e. The molecule has 0 aliphatic rings. The fourth-order valence-corrected chi connectivity index (χ4v) is 2.04. The number of carboxylic acid groups (broad SMARTS) is 1. The van der Waals surface area contributed by atoms with Gasteiger partial charge in [0.15, 0.2) is 11.5 Å².